The van der Waals surface area contributed by atoms with E-state index in [0.29, 0.717) is 43.8 Å². The van der Waals surface area contributed by atoms with Gasteiger partial charge in [-0.15, -0.1) is 21.9 Å². The highest BCUT2D eigenvalue weighted by molar-refractivity contribution is 6.73. The summed E-state index contributed by atoms with van der Waals surface area (Å²) < 4.78 is 0. The van der Waals surface area contributed by atoms with Crippen LogP contribution in [0.1, 0.15) is 0 Å². The molecule has 28 radical (unpaired) electrons. The van der Waals surface area contributed by atoms with E-state index in [2.05, 4.69) is 5.32 Å². The topological polar surface area (TPSA) is 12.0 Å². The van der Waals surface area contributed by atoms with E-state index in [1.807, 2.05) is 48.5 Å². The number of hydrogen-bond acceptors (Lipinski definition) is 1. The fraction of sp³-hybridized carbons (Fsp3) is 0. The zero-order valence-electron chi connectivity index (χ0n) is 25.2. The molecule has 0 atom stereocenters. The first-order chi connectivity index (χ1) is 22.2. The molecule has 1 N–H and O–H groups in total. The van der Waals surface area contributed by atoms with Gasteiger partial charge in [-0.2, -0.15) is 0 Å². The number of fused-ring (bicyclic) bond motifs is 2. The molecule has 0 fully saturated rings. The molecule has 0 spiro atoms. The summed E-state index contributed by atoms with van der Waals surface area (Å²) in [5, 5.41) is 4.88. The Balaban J connectivity index is 1.34. The Morgan fingerprint density at radius 3 is 0.766 bits per heavy atom. The van der Waals surface area contributed by atoms with Crippen molar-refractivity contribution in [2.45, 2.75) is 0 Å². The summed E-state index contributed by atoms with van der Waals surface area (Å²) in [6.45, 7) is 0. The minimum atomic E-state index is 0.121. The van der Waals surface area contributed by atoms with Gasteiger partial charge >= 0.3 is 0 Å². The minimum Gasteiger partial charge on any atom is -0.356 e. The van der Waals surface area contributed by atoms with Gasteiger partial charge in [0.2, 0.25) is 0 Å². The molecule has 0 aromatic heterocycles. The van der Waals surface area contributed by atoms with Crippen molar-refractivity contribution >= 4 is 219 Å². The summed E-state index contributed by atoms with van der Waals surface area (Å²) >= 11 is 0. The summed E-state index contributed by atoms with van der Waals surface area (Å²) in [4.78, 5) is 0. The lowest BCUT2D eigenvalue weighted by Gasteiger charge is -2.25. The van der Waals surface area contributed by atoms with Crippen LogP contribution in [0, 0.1) is 0 Å². The molecule has 0 saturated carbocycles. The van der Waals surface area contributed by atoms with Crippen LogP contribution in [0.25, 0.3) is 43.8 Å². The molecule has 0 unspecified atom stereocenters. The lowest BCUT2D eigenvalue weighted by Crippen LogP contribution is -2.52. The first-order valence-corrected chi connectivity index (χ1v) is 14.2. The Morgan fingerprint density at radius 2 is 0.489 bits per heavy atom. The van der Waals surface area contributed by atoms with Gasteiger partial charge in [0.1, 0.15) is 110 Å². The van der Waals surface area contributed by atoms with Crippen molar-refractivity contribution in [1.82, 2.24) is 0 Å². The first kappa shape index (κ1) is 33.5. The van der Waals surface area contributed by atoms with Gasteiger partial charge in [-0.1, -0.05) is 78.9 Å². The van der Waals surface area contributed by atoms with Crippen LogP contribution in [0.15, 0.2) is 48.5 Å². The molecule has 47 heavy (non-hydrogen) atoms. The van der Waals surface area contributed by atoms with Crippen molar-refractivity contribution in [2.75, 3.05) is 5.32 Å². The third-order valence-corrected chi connectivity index (χ3v) is 8.69. The number of rotatable bonds is 4. The fourth-order valence-electron chi connectivity index (χ4n) is 6.08. The normalized spacial score (nSPS) is 11.3. The first-order valence-electron chi connectivity index (χ1n) is 14.2. The van der Waals surface area contributed by atoms with Gasteiger partial charge in [0, 0.05) is 11.4 Å². The fourth-order valence-corrected chi connectivity index (χ4v) is 6.08. The average molecular weight is 559 g/mol. The minimum absolute atomic E-state index is 0.121. The Labute approximate surface area is 294 Å². The van der Waals surface area contributed by atoms with Crippen molar-refractivity contribution in [3.8, 4) is 22.3 Å². The lowest BCUT2D eigenvalue weighted by molar-refractivity contribution is 1.55. The maximum atomic E-state index is 6.59. The van der Waals surface area contributed by atoms with Gasteiger partial charge in [-0.05, 0) is 68.1 Å². The number of nitrogens with one attached hydrogen (secondary N) is 1. The van der Waals surface area contributed by atoms with Gasteiger partial charge < -0.3 is 5.32 Å². The zero-order chi connectivity index (χ0) is 34.2. The Morgan fingerprint density at radius 1 is 0.255 bits per heavy atom. The van der Waals surface area contributed by atoms with Gasteiger partial charge in [0.25, 0.3) is 0 Å². The molecular formula is C32H9B14N. The Hall–Kier alpha value is -3.45. The third kappa shape index (κ3) is 5.15. The molecule has 6 aromatic rings. The van der Waals surface area contributed by atoms with Crippen molar-refractivity contribution in [3.05, 3.63) is 48.5 Å². The highest BCUT2D eigenvalue weighted by Crippen LogP contribution is 2.25. The molecule has 0 aliphatic heterocycles. The van der Waals surface area contributed by atoms with Crippen LogP contribution < -0.4 is 81.8 Å². The molecule has 0 bridgehead atoms. The quantitative estimate of drug-likeness (QED) is 0.212. The van der Waals surface area contributed by atoms with Crippen LogP contribution in [0.3, 0.4) is 0 Å². The zero-order valence-corrected chi connectivity index (χ0v) is 25.2. The summed E-state index contributed by atoms with van der Waals surface area (Å²) in [5.41, 5.74) is 6.57. The molecule has 15 heteroatoms. The predicted molar refractivity (Wildman–Crippen MR) is 217 cm³/mol. The van der Waals surface area contributed by atoms with Crippen molar-refractivity contribution in [2.24, 2.45) is 0 Å². The molecule has 6 aromatic carbocycles. The third-order valence-electron chi connectivity index (χ3n) is 8.69. The standard InChI is InChI=1S/C32H9B14N/c33-19-13(21(35)23(37)17-15(19)25(39)29(43)31(45)27(17)41)9-1-5-11(6-2-9)47-12-7-3-10(4-8-12)14-20(34)16-18(24(38)22(14)36)28(42)32(46)30(44)26(16)40/h1-8,47H. The van der Waals surface area contributed by atoms with Crippen LogP contribution in [0.5, 0.6) is 0 Å². The van der Waals surface area contributed by atoms with Crippen LogP contribution in [-0.4, -0.2) is 110 Å². The van der Waals surface area contributed by atoms with E-state index in [1.54, 1.807) is 0 Å². The van der Waals surface area contributed by atoms with Crippen molar-refractivity contribution in [1.29, 1.82) is 0 Å². The molecule has 184 valence electrons. The van der Waals surface area contributed by atoms with Crippen LogP contribution in [-0.2, 0) is 0 Å². The van der Waals surface area contributed by atoms with Gasteiger partial charge in [-0.25, -0.2) is 0 Å². The van der Waals surface area contributed by atoms with Gasteiger partial charge in [0.05, 0.1) is 0 Å². The highest BCUT2D eigenvalue weighted by Gasteiger charge is 2.19. The second-order valence-corrected chi connectivity index (χ2v) is 11.3. The van der Waals surface area contributed by atoms with Crippen LogP contribution in [0.4, 0.5) is 11.4 Å². The van der Waals surface area contributed by atoms with Crippen molar-refractivity contribution < 1.29 is 0 Å². The molecular weight excluding hydrogens is 550 g/mol. The van der Waals surface area contributed by atoms with Crippen LogP contribution >= 0.6 is 0 Å². The van der Waals surface area contributed by atoms with Gasteiger partial charge in [-0.3, -0.25) is 0 Å². The average Bonchev–Trinajstić information content (AvgIpc) is 3.05. The summed E-state index contributed by atoms with van der Waals surface area (Å²) in [6.07, 6.45) is 0. The van der Waals surface area contributed by atoms with E-state index in [-0.39, 0.29) is 76.5 Å². The Bertz CT molecular complexity index is 2140. The predicted octanol–water partition coefficient (Wildman–Crippen LogP) is -7.82. The van der Waals surface area contributed by atoms with E-state index in [0.717, 1.165) is 11.4 Å². The Kier molecular flexibility index (Phi) is 8.69. The van der Waals surface area contributed by atoms with Crippen molar-refractivity contribution in [3.63, 3.8) is 0 Å². The number of anilines is 2. The molecule has 0 aliphatic rings. The van der Waals surface area contributed by atoms with E-state index >= 15 is 0 Å². The highest BCUT2D eigenvalue weighted by atomic mass is 14.9. The van der Waals surface area contributed by atoms with Crippen LogP contribution in [0.2, 0.25) is 0 Å². The molecule has 0 aliphatic carbocycles. The van der Waals surface area contributed by atoms with E-state index in [9.17, 15) is 0 Å². The molecule has 0 heterocycles. The van der Waals surface area contributed by atoms with E-state index in [1.165, 1.54) is 0 Å². The SMILES string of the molecule is [B]c1c([B])c([B])c2c([B])c(-c3ccc(Nc4ccc(-c5c([B])c([B])c6c([B])c([B])c([B])c([B])c6c5[B])cc4)cc3)c([B])c([B])c2c1[B]. The van der Waals surface area contributed by atoms with Gasteiger partial charge in [0.15, 0.2) is 0 Å². The number of benzene rings is 6. The smallest absolute Gasteiger partial charge is 0.115 e. The lowest BCUT2D eigenvalue weighted by atomic mass is 9.58. The summed E-state index contributed by atoms with van der Waals surface area (Å²) in [7, 11) is 88.2. The molecule has 6 rings (SSSR count). The second kappa shape index (κ2) is 12.2. The largest absolute Gasteiger partial charge is 0.356 e. The second-order valence-electron chi connectivity index (χ2n) is 11.3. The summed E-state index contributed by atoms with van der Waals surface area (Å²) in [6, 6.07) is 14.8. The number of hydrogen-bond donors (Lipinski definition) is 1. The maximum Gasteiger partial charge on any atom is 0.115 e. The molecule has 1 nitrogen and oxygen atoms in total. The molecule has 0 amide bonds. The van der Waals surface area contributed by atoms with E-state index in [4.69, 9.17) is 110 Å². The van der Waals surface area contributed by atoms with E-state index < -0.39 is 0 Å². The maximum absolute atomic E-state index is 6.59. The monoisotopic (exact) mass is 561 g/mol. The summed E-state index contributed by atoms with van der Waals surface area (Å²) in [5.74, 6) is 0. The molecule has 0 saturated heterocycles.